The van der Waals surface area contributed by atoms with Gasteiger partial charge in [0, 0.05) is 18.2 Å². The predicted octanol–water partition coefficient (Wildman–Crippen LogP) is 1.56. The summed E-state index contributed by atoms with van der Waals surface area (Å²) in [5.41, 5.74) is 0.502. The lowest BCUT2D eigenvalue weighted by molar-refractivity contribution is 0.238. The Bertz CT molecular complexity index is 383. The minimum atomic E-state index is -0.481. The third-order valence-corrected chi connectivity index (χ3v) is 2.49. The third kappa shape index (κ3) is 3.02. The van der Waals surface area contributed by atoms with Gasteiger partial charge in [-0.15, -0.1) is 0 Å². The molecule has 0 amide bonds. The van der Waals surface area contributed by atoms with Crippen LogP contribution in [0.5, 0.6) is 0 Å². The molecule has 1 atom stereocenters. The van der Waals surface area contributed by atoms with Gasteiger partial charge in [0.15, 0.2) is 0 Å². The molecule has 1 aromatic carbocycles. The van der Waals surface area contributed by atoms with Crippen molar-refractivity contribution in [1.82, 2.24) is 5.32 Å². The molecule has 0 bridgehead atoms. The molecule has 86 valence electrons. The average Bonchev–Trinajstić information content (AvgIpc) is 2.32. The van der Waals surface area contributed by atoms with Gasteiger partial charge in [0.25, 0.3) is 0 Å². The summed E-state index contributed by atoms with van der Waals surface area (Å²) in [7, 11) is 0. The smallest absolute Gasteiger partial charge is 0.145 e. The first-order valence-corrected chi connectivity index (χ1v) is 5.24. The van der Waals surface area contributed by atoms with Crippen LogP contribution in [0.1, 0.15) is 24.5 Å². The zero-order valence-corrected chi connectivity index (χ0v) is 9.20. The monoisotopic (exact) mass is 222 g/mol. The highest BCUT2D eigenvalue weighted by Crippen LogP contribution is 2.12. The van der Waals surface area contributed by atoms with Crippen molar-refractivity contribution in [3.63, 3.8) is 0 Å². The van der Waals surface area contributed by atoms with E-state index in [4.69, 9.17) is 10.4 Å². The number of aliphatic hydroxyl groups is 1. The molecule has 0 radical (unpaired) electrons. The lowest BCUT2D eigenvalue weighted by Crippen LogP contribution is -2.31. The van der Waals surface area contributed by atoms with Gasteiger partial charge < -0.3 is 10.4 Å². The third-order valence-electron chi connectivity index (χ3n) is 2.49. The fourth-order valence-corrected chi connectivity index (χ4v) is 1.39. The maximum absolute atomic E-state index is 13.6. The Morgan fingerprint density at radius 3 is 2.88 bits per heavy atom. The van der Waals surface area contributed by atoms with Crippen LogP contribution in [0.3, 0.4) is 0 Å². The SMILES string of the molecule is CCC(CO)NCc1cccc(C#N)c1F. The number of rotatable bonds is 5. The molecule has 1 rings (SSSR count). The first-order valence-electron chi connectivity index (χ1n) is 5.24. The molecule has 0 aromatic heterocycles. The highest BCUT2D eigenvalue weighted by atomic mass is 19.1. The second kappa shape index (κ2) is 6.21. The second-order valence-corrected chi connectivity index (χ2v) is 3.56. The molecule has 0 aliphatic rings. The van der Waals surface area contributed by atoms with Gasteiger partial charge in [0.1, 0.15) is 11.9 Å². The van der Waals surface area contributed by atoms with Crippen molar-refractivity contribution in [3.05, 3.63) is 35.1 Å². The van der Waals surface area contributed by atoms with Crippen LogP contribution in [0.4, 0.5) is 4.39 Å². The molecule has 16 heavy (non-hydrogen) atoms. The fraction of sp³-hybridized carbons (Fsp3) is 0.417. The summed E-state index contributed by atoms with van der Waals surface area (Å²) >= 11 is 0. The van der Waals surface area contributed by atoms with E-state index in [-0.39, 0.29) is 18.2 Å². The molecule has 1 aromatic rings. The van der Waals surface area contributed by atoms with Crippen LogP contribution >= 0.6 is 0 Å². The van der Waals surface area contributed by atoms with Crippen molar-refractivity contribution in [2.24, 2.45) is 0 Å². The van der Waals surface area contributed by atoms with Gasteiger partial charge in [-0.25, -0.2) is 4.39 Å². The zero-order valence-electron chi connectivity index (χ0n) is 9.20. The summed E-state index contributed by atoms with van der Waals surface area (Å²) in [5, 5.41) is 20.7. The second-order valence-electron chi connectivity index (χ2n) is 3.56. The van der Waals surface area contributed by atoms with Crippen LogP contribution in [-0.4, -0.2) is 17.8 Å². The average molecular weight is 222 g/mol. The van der Waals surface area contributed by atoms with Crippen LogP contribution in [0.25, 0.3) is 0 Å². The quantitative estimate of drug-likeness (QED) is 0.794. The Hall–Kier alpha value is -1.44. The number of aliphatic hydroxyl groups excluding tert-OH is 1. The lowest BCUT2D eigenvalue weighted by Gasteiger charge is -2.14. The molecule has 0 aliphatic heterocycles. The summed E-state index contributed by atoms with van der Waals surface area (Å²) in [6.45, 7) is 2.28. The van der Waals surface area contributed by atoms with Crippen LogP contribution in [0.15, 0.2) is 18.2 Å². The molecule has 3 nitrogen and oxygen atoms in total. The van der Waals surface area contributed by atoms with E-state index in [1.165, 1.54) is 6.07 Å². The topological polar surface area (TPSA) is 56.0 Å². The number of hydrogen-bond acceptors (Lipinski definition) is 3. The van der Waals surface area contributed by atoms with Crippen LogP contribution < -0.4 is 5.32 Å². The Labute approximate surface area is 94.5 Å². The zero-order chi connectivity index (χ0) is 12.0. The molecule has 0 heterocycles. The molecule has 4 heteroatoms. The molecular weight excluding hydrogens is 207 g/mol. The molecule has 0 fully saturated rings. The summed E-state index contributed by atoms with van der Waals surface area (Å²) in [4.78, 5) is 0. The Balaban J connectivity index is 2.71. The molecule has 2 N–H and O–H groups in total. The summed E-state index contributed by atoms with van der Waals surface area (Å²) in [6, 6.07) is 6.49. The summed E-state index contributed by atoms with van der Waals surface area (Å²) in [6.07, 6.45) is 0.774. The van der Waals surface area contributed by atoms with E-state index in [1.54, 1.807) is 18.2 Å². The minimum absolute atomic E-state index is 0.0239. The lowest BCUT2D eigenvalue weighted by atomic mass is 10.1. The number of hydrogen-bond donors (Lipinski definition) is 2. The van der Waals surface area contributed by atoms with E-state index in [2.05, 4.69) is 5.32 Å². The van der Waals surface area contributed by atoms with Crippen molar-refractivity contribution in [3.8, 4) is 6.07 Å². The molecule has 0 spiro atoms. The van der Waals surface area contributed by atoms with Gasteiger partial charge in [-0.1, -0.05) is 19.1 Å². The van der Waals surface area contributed by atoms with Gasteiger partial charge in [-0.05, 0) is 12.5 Å². The van der Waals surface area contributed by atoms with Gasteiger partial charge in [0.2, 0.25) is 0 Å². The van der Waals surface area contributed by atoms with Crippen molar-refractivity contribution in [2.75, 3.05) is 6.61 Å². The maximum atomic E-state index is 13.6. The first kappa shape index (κ1) is 12.6. The molecular formula is C12H15FN2O. The van der Waals surface area contributed by atoms with E-state index in [1.807, 2.05) is 6.92 Å². The van der Waals surface area contributed by atoms with E-state index in [9.17, 15) is 4.39 Å². The Kier molecular flexibility index (Phi) is 4.90. The van der Waals surface area contributed by atoms with Crippen molar-refractivity contribution in [2.45, 2.75) is 25.9 Å². The normalized spacial score (nSPS) is 12.1. The number of halogens is 1. The van der Waals surface area contributed by atoms with E-state index < -0.39 is 5.82 Å². The minimum Gasteiger partial charge on any atom is -0.395 e. The van der Waals surface area contributed by atoms with Crippen LogP contribution in [0.2, 0.25) is 0 Å². The number of nitriles is 1. The van der Waals surface area contributed by atoms with Crippen LogP contribution in [0, 0.1) is 17.1 Å². The molecule has 1 unspecified atom stereocenters. The molecule has 0 aliphatic carbocycles. The Morgan fingerprint density at radius 2 is 2.31 bits per heavy atom. The maximum Gasteiger partial charge on any atom is 0.145 e. The summed E-state index contributed by atoms with van der Waals surface area (Å²) < 4.78 is 13.6. The van der Waals surface area contributed by atoms with E-state index >= 15 is 0 Å². The van der Waals surface area contributed by atoms with Crippen molar-refractivity contribution < 1.29 is 9.50 Å². The number of benzene rings is 1. The van der Waals surface area contributed by atoms with Crippen molar-refractivity contribution >= 4 is 0 Å². The first-order chi connectivity index (χ1) is 7.72. The van der Waals surface area contributed by atoms with Gasteiger partial charge in [0.05, 0.1) is 12.2 Å². The van der Waals surface area contributed by atoms with Gasteiger partial charge in [-0.2, -0.15) is 5.26 Å². The Morgan fingerprint density at radius 1 is 1.56 bits per heavy atom. The standard InChI is InChI=1S/C12H15FN2O/c1-2-11(8-16)15-7-10-5-3-4-9(6-14)12(10)13/h3-5,11,15-16H,2,7-8H2,1H3. The van der Waals surface area contributed by atoms with Gasteiger partial charge in [-0.3, -0.25) is 0 Å². The number of nitrogens with zero attached hydrogens (tertiary/aromatic N) is 1. The summed E-state index contributed by atoms with van der Waals surface area (Å²) in [5.74, 6) is -0.481. The van der Waals surface area contributed by atoms with E-state index in [0.29, 0.717) is 12.1 Å². The molecule has 0 saturated heterocycles. The highest BCUT2D eigenvalue weighted by molar-refractivity contribution is 5.34. The number of nitrogens with one attached hydrogen (secondary N) is 1. The van der Waals surface area contributed by atoms with Crippen molar-refractivity contribution in [1.29, 1.82) is 5.26 Å². The highest BCUT2D eigenvalue weighted by Gasteiger charge is 2.09. The largest absolute Gasteiger partial charge is 0.395 e. The molecule has 0 saturated carbocycles. The van der Waals surface area contributed by atoms with Gasteiger partial charge >= 0.3 is 0 Å². The predicted molar refractivity (Wildman–Crippen MR) is 59.1 cm³/mol. The van der Waals surface area contributed by atoms with E-state index in [0.717, 1.165) is 6.42 Å². The fourth-order valence-electron chi connectivity index (χ4n) is 1.39. The van der Waals surface area contributed by atoms with Crippen LogP contribution in [-0.2, 0) is 6.54 Å².